The summed E-state index contributed by atoms with van der Waals surface area (Å²) >= 11 is 0. The molecule has 1 aromatic carbocycles. The number of rotatable bonds is 1. The second-order valence-corrected chi connectivity index (χ2v) is 2.49. The molecule has 0 amide bonds. The highest BCUT2D eigenvalue weighted by molar-refractivity contribution is 5.17. The van der Waals surface area contributed by atoms with Gasteiger partial charge in [0.15, 0.2) is 0 Å². The molecule has 0 bridgehead atoms. The van der Waals surface area contributed by atoms with Crippen LogP contribution in [0.25, 0.3) is 0 Å². The second kappa shape index (κ2) is 2.67. The summed E-state index contributed by atoms with van der Waals surface area (Å²) < 4.78 is 7.23. The Labute approximate surface area is 57.9 Å². The summed E-state index contributed by atoms with van der Waals surface area (Å²) in [4.78, 5) is 0. The van der Waals surface area contributed by atoms with Gasteiger partial charge in [0.1, 0.15) is 0 Å². The second-order valence-electron chi connectivity index (χ2n) is 2.49. The molecule has 0 aliphatic carbocycles. The lowest BCUT2D eigenvalue weighted by atomic mass is 10.0. The lowest BCUT2D eigenvalue weighted by molar-refractivity contribution is 0.867. The molecule has 1 aromatic rings. The van der Waals surface area contributed by atoms with Gasteiger partial charge in [-0.3, -0.25) is 0 Å². The highest BCUT2D eigenvalue weighted by atomic mass is 14.0. The van der Waals surface area contributed by atoms with Gasteiger partial charge < -0.3 is 0 Å². The van der Waals surface area contributed by atoms with Crippen LogP contribution in [0.1, 0.15) is 26.7 Å². The summed E-state index contributed by atoms with van der Waals surface area (Å²) in [5.41, 5.74) is 1.30. The van der Waals surface area contributed by atoms with Gasteiger partial charge in [0, 0.05) is 0 Å². The largest absolute Gasteiger partial charge is 0.0623 e. The molecule has 0 atom stereocenters. The van der Waals surface area contributed by atoms with Crippen molar-refractivity contribution in [1.82, 2.24) is 0 Å². The van der Waals surface area contributed by atoms with E-state index < -0.39 is 0 Å². The Hall–Kier alpha value is -0.780. The molecular formula is C9H12. The normalized spacial score (nSPS) is 11.7. The highest BCUT2D eigenvalue weighted by Gasteiger charge is 1.93. The zero-order valence-corrected chi connectivity index (χ0v) is 5.89. The molecule has 0 radical (unpaired) electrons. The minimum Gasteiger partial charge on any atom is -0.0622 e. The van der Waals surface area contributed by atoms with Crippen LogP contribution in [0, 0.1) is 0 Å². The molecule has 0 aromatic heterocycles. The average Bonchev–Trinajstić information content (AvgIpc) is 1.88. The quantitative estimate of drug-likeness (QED) is 0.536. The maximum absolute atomic E-state index is 7.23. The first-order chi connectivity index (χ1) is 4.70. The third kappa shape index (κ3) is 1.56. The van der Waals surface area contributed by atoms with Gasteiger partial charge >= 0.3 is 0 Å². The summed E-state index contributed by atoms with van der Waals surface area (Å²) in [6.07, 6.45) is 0. The molecule has 1 rings (SSSR count). The zero-order chi connectivity index (χ0) is 7.56. The Morgan fingerprint density at radius 1 is 1.33 bits per heavy atom. The van der Waals surface area contributed by atoms with Crippen molar-refractivity contribution < 1.29 is 1.37 Å². The van der Waals surface area contributed by atoms with Gasteiger partial charge in [0.05, 0.1) is 1.37 Å². The lowest BCUT2D eigenvalue weighted by Gasteiger charge is -2.01. The Morgan fingerprint density at radius 3 is 2.33 bits per heavy atom. The van der Waals surface area contributed by atoms with Crippen LogP contribution in [-0.2, 0) is 0 Å². The van der Waals surface area contributed by atoms with Gasteiger partial charge in [0.2, 0.25) is 0 Å². The van der Waals surface area contributed by atoms with Crippen molar-refractivity contribution in [3.8, 4) is 0 Å². The molecule has 0 aliphatic heterocycles. The monoisotopic (exact) mass is 121 g/mol. The third-order valence-corrected chi connectivity index (χ3v) is 1.41. The molecular weight excluding hydrogens is 108 g/mol. The molecule has 0 heterocycles. The van der Waals surface area contributed by atoms with Gasteiger partial charge in [-0.15, -0.1) is 0 Å². The predicted octanol–water partition coefficient (Wildman–Crippen LogP) is 2.81. The summed E-state index contributed by atoms with van der Waals surface area (Å²) in [6.45, 7) is 4.30. The molecule has 0 unspecified atom stereocenters. The Morgan fingerprint density at radius 2 is 1.89 bits per heavy atom. The molecule has 0 N–H and O–H groups in total. The van der Waals surface area contributed by atoms with Crippen LogP contribution in [0.5, 0.6) is 0 Å². The SMILES string of the molecule is [2H]c1ccc(C(C)C)cc1. The Kier molecular flexibility index (Phi) is 1.50. The van der Waals surface area contributed by atoms with Crippen LogP contribution >= 0.6 is 0 Å². The van der Waals surface area contributed by atoms with E-state index in [9.17, 15) is 0 Å². The number of benzene rings is 1. The minimum atomic E-state index is 0.570. The van der Waals surface area contributed by atoms with Crippen LogP contribution in [0.3, 0.4) is 0 Å². The summed E-state index contributed by atoms with van der Waals surface area (Å²) in [7, 11) is 0. The van der Waals surface area contributed by atoms with Crippen molar-refractivity contribution in [2.75, 3.05) is 0 Å². The van der Waals surface area contributed by atoms with Crippen molar-refractivity contribution >= 4 is 0 Å². The van der Waals surface area contributed by atoms with Gasteiger partial charge in [-0.25, -0.2) is 0 Å². The summed E-state index contributed by atoms with van der Waals surface area (Å²) in [5, 5.41) is 0. The van der Waals surface area contributed by atoms with Gasteiger partial charge in [-0.1, -0.05) is 44.2 Å². The topological polar surface area (TPSA) is 0 Å². The van der Waals surface area contributed by atoms with Crippen LogP contribution in [0.15, 0.2) is 30.3 Å². The molecule has 9 heavy (non-hydrogen) atoms. The standard InChI is InChI=1S/C9H12/c1-8(2)9-6-4-3-5-7-9/h3-8H,1-2H3/i3D. The van der Waals surface area contributed by atoms with Crippen LogP contribution in [0.2, 0.25) is 0 Å². The van der Waals surface area contributed by atoms with E-state index in [-0.39, 0.29) is 0 Å². The Bertz CT molecular complexity index is 198. The molecule has 0 aliphatic rings. The molecule has 0 nitrogen and oxygen atoms in total. The first-order valence-electron chi connectivity index (χ1n) is 3.76. The maximum Gasteiger partial charge on any atom is 0.0623 e. The van der Waals surface area contributed by atoms with E-state index in [0.29, 0.717) is 12.0 Å². The van der Waals surface area contributed by atoms with Crippen molar-refractivity contribution in [2.45, 2.75) is 19.8 Å². The zero-order valence-electron chi connectivity index (χ0n) is 6.89. The molecule has 0 saturated carbocycles. The summed E-state index contributed by atoms with van der Waals surface area (Å²) in [6, 6.07) is 8.26. The van der Waals surface area contributed by atoms with E-state index in [0.717, 1.165) is 0 Å². The molecule has 0 spiro atoms. The molecule has 48 valence electrons. The van der Waals surface area contributed by atoms with E-state index >= 15 is 0 Å². The van der Waals surface area contributed by atoms with Crippen LogP contribution < -0.4 is 0 Å². The minimum absolute atomic E-state index is 0.570. The fourth-order valence-corrected chi connectivity index (χ4v) is 0.785. The first-order valence-corrected chi connectivity index (χ1v) is 3.26. The van der Waals surface area contributed by atoms with Gasteiger partial charge in [0.25, 0.3) is 0 Å². The van der Waals surface area contributed by atoms with E-state index in [1.165, 1.54) is 5.56 Å². The number of hydrogen-bond donors (Lipinski definition) is 0. The first kappa shape index (κ1) is 5.04. The highest BCUT2D eigenvalue weighted by Crippen LogP contribution is 2.11. The fraction of sp³-hybridized carbons (Fsp3) is 0.333. The van der Waals surface area contributed by atoms with Crippen molar-refractivity contribution in [3.05, 3.63) is 35.9 Å². The van der Waals surface area contributed by atoms with Crippen molar-refractivity contribution in [3.63, 3.8) is 0 Å². The van der Waals surface area contributed by atoms with Gasteiger partial charge in [-0.05, 0) is 11.5 Å². The average molecular weight is 121 g/mol. The van der Waals surface area contributed by atoms with Crippen LogP contribution in [0.4, 0.5) is 0 Å². The molecule has 0 heteroatoms. The Balaban J connectivity index is 2.89. The molecule has 0 fully saturated rings. The van der Waals surface area contributed by atoms with E-state index in [2.05, 4.69) is 13.8 Å². The van der Waals surface area contributed by atoms with E-state index in [1.807, 2.05) is 24.3 Å². The van der Waals surface area contributed by atoms with Crippen LogP contribution in [-0.4, -0.2) is 0 Å². The number of hydrogen-bond acceptors (Lipinski definition) is 0. The predicted molar refractivity (Wildman–Crippen MR) is 40.5 cm³/mol. The lowest BCUT2D eigenvalue weighted by Crippen LogP contribution is -1.83. The van der Waals surface area contributed by atoms with Gasteiger partial charge in [-0.2, -0.15) is 0 Å². The van der Waals surface area contributed by atoms with E-state index in [4.69, 9.17) is 1.37 Å². The van der Waals surface area contributed by atoms with Crippen molar-refractivity contribution in [1.29, 1.82) is 0 Å². The van der Waals surface area contributed by atoms with Crippen molar-refractivity contribution in [2.24, 2.45) is 0 Å². The third-order valence-electron chi connectivity index (χ3n) is 1.41. The fourth-order valence-electron chi connectivity index (χ4n) is 0.785. The van der Waals surface area contributed by atoms with E-state index in [1.54, 1.807) is 0 Å². The summed E-state index contributed by atoms with van der Waals surface area (Å²) in [5.74, 6) is 0.570. The molecule has 0 saturated heterocycles. The maximum atomic E-state index is 7.23. The smallest absolute Gasteiger partial charge is 0.0622 e.